The second kappa shape index (κ2) is 6.66. The number of allylic oxidation sites excluding steroid dienone is 2. The monoisotopic (exact) mass is 373 g/mol. The van der Waals surface area contributed by atoms with Gasteiger partial charge in [-0.25, -0.2) is 4.79 Å². The molecule has 2 aliphatic heterocycles. The summed E-state index contributed by atoms with van der Waals surface area (Å²) < 4.78 is 5.08. The van der Waals surface area contributed by atoms with Crippen LogP contribution in [0.15, 0.2) is 52.8 Å². The highest BCUT2D eigenvalue weighted by Crippen LogP contribution is 2.34. The van der Waals surface area contributed by atoms with E-state index in [9.17, 15) is 19.5 Å². The maximum absolute atomic E-state index is 12.5. The number of thioether (sulfide) groups is 1. The van der Waals surface area contributed by atoms with Crippen LogP contribution in [0.5, 0.6) is 5.75 Å². The smallest absolute Gasteiger partial charge is 0.348 e. The van der Waals surface area contributed by atoms with Crippen molar-refractivity contribution in [1.82, 2.24) is 4.90 Å². The fourth-order valence-electron chi connectivity index (χ4n) is 2.20. The van der Waals surface area contributed by atoms with Crippen molar-refractivity contribution in [3.05, 3.63) is 58.3 Å². The number of cyclic esters (lactones) is 1. The van der Waals surface area contributed by atoms with Gasteiger partial charge in [-0.05, 0) is 30.7 Å². The van der Waals surface area contributed by atoms with E-state index >= 15 is 0 Å². The molecule has 2 heterocycles. The first-order chi connectivity index (χ1) is 11.8. The van der Waals surface area contributed by atoms with Crippen LogP contribution < -0.4 is 0 Å². The third-order valence-corrected chi connectivity index (χ3v) is 4.65. The van der Waals surface area contributed by atoms with Gasteiger partial charge in [-0.15, -0.1) is 0 Å². The minimum Gasteiger partial charge on any atom is -0.508 e. The van der Waals surface area contributed by atoms with Gasteiger partial charge in [0.05, 0.1) is 4.91 Å². The maximum atomic E-state index is 12.5. The number of benzene rings is 1. The van der Waals surface area contributed by atoms with E-state index in [1.165, 1.54) is 25.1 Å². The normalized spacial score (nSPS) is 21.2. The molecule has 0 atom stereocenters. The van der Waals surface area contributed by atoms with E-state index in [1.54, 1.807) is 18.2 Å². The number of hydrogen-bond donors (Lipinski definition) is 1. The summed E-state index contributed by atoms with van der Waals surface area (Å²) in [5.74, 6) is -1.56. The SMILES string of the molecule is CC1=CC(=O)/C(=C\N2C(=O)/C(=C\c3cccc(O)c3)SC2=S)C(=O)O1. The molecule has 1 aromatic carbocycles. The molecule has 0 aromatic heterocycles. The Labute approximate surface area is 152 Å². The predicted molar refractivity (Wildman–Crippen MR) is 96.1 cm³/mol. The number of carbonyl (C=O) groups excluding carboxylic acids is 3. The van der Waals surface area contributed by atoms with Crippen molar-refractivity contribution in [1.29, 1.82) is 0 Å². The van der Waals surface area contributed by atoms with E-state index in [0.717, 1.165) is 22.9 Å². The van der Waals surface area contributed by atoms with Crippen molar-refractivity contribution >= 4 is 52.0 Å². The number of ether oxygens (including phenoxy) is 1. The van der Waals surface area contributed by atoms with Crippen molar-refractivity contribution in [3.8, 4) is 5.75 Å². The number of phenolic OH excluding ortho intramolecular Hbond substituents is 1. The van der Waals surface area contributed by atoms with Crippen LogP contribution in [-0.2, 0) is 19.1 Å². The highest BCUT2D eigenvalue weighted by molar-refractivity contribution is 8.26. The Morgan fingerprint density at radius 3 is 2.72 bits per heavy atom. The van der Waals surface area contributed by atoms with E-state index < -0.39 is 17.7 Å². The second-order valence-corrected chi connectivity index (χ2v) is 6.87. The molecule has 3 rings (SSSR count). The van der Waals surface area contributed by atoms with Crippen molar-refractivity contribution in [2.24, 2.45) is 0 Å². The lowest BCUT2D eigenvalue weighted by atomic mass is 10.1. The van der Waals surface area contributed by atoms with Crippen molar-refractivity contribution < 1.29 is 24.2 Å². The summed E-state index contributed by atoms with van der Waals surface area (Å²) in [6.45, 7) is 1.49. The molecule has 1 N–H and O–H groups in total. The molecule has 0 aliphatic carbocycles. The summed E-state index contributed by atoms with van der Waals surface area (Å²) in [7, 11) is 0. The fourth-order valence-corrected chi connectivity index (χ4v) is 3.40. The Kier molecular flexibility index (Phi) is 4.56. The summed E-state index contributed by atoms with van der Waals surface area (Å²) >= 11 is 6.20. The van der Waals surface area contributed by atoms with Gasteiger partial charge in [0.1, 0.15) is 17.1 Å². The topological polar surface area (TPSA) is 83.9 Å². The Hall–Kier alpha value is -2.71. The van der Waals surface area contributed by atoms with E-state index in [2.05, 4.69) is 0 Å². The van der Waals surface area contributed by atoms with Crippen LogP contribution in [0.25, 0.3) is 6.08 Å². The van der Waals surface area contributed by atoms with Crippen LogP contribution in [0.1, 0.15) is 12.5 Å². The molecule has 0 saturated carbocycles. The fraction of sp³-hybridized carbons (Fsp3) is 0.0588. The van der Waals surface area contributed by atoms with Crippen LogP contribution in [0.3, 0.4) is 0 Å². The lowest BCUT2D eigenvalue weighted by molar-refractivity contribution is -0.137. The maximum Gasteiger partial charge on any atom is 0.348 e. The number of hydrogen-bond acceptors (Lipinski definition) is 7. The van der Waals surface area contributed by atoms with Crippen LogP contribution in [0, 0.1) is 0 Å². The van der Waals surface area contributed by atoms with Gasteiger partial charge in [-0.1, -0.05) is 36.1 Å². The Balaban J connectivity index is 1.91. The highest BCUT2D eigenvalue weighted by Gasteiger charge is 2.34. The molecule has 126 valence electrons. The zero-order chi connectivity index (χ0) is 18.1. The number of esters is 1. The van der Waals surface area contributed by atoms with Gasteiger partial charge in [0.2, 0.25) is 0 Å². The van der Waals surface area contributed by atoms with Gasteiger partial charge in [0.15, 0.2) is 10.1 Å². The molecular weight excluding hydrogens is 362 g/mol. The molecule has 0 radical (unpaired) electrons. The molecule has 0 unspecified atom stereocenters. The standard InChI is InChI=1S/C17H11NO5S2/c1-9-5-13(20)12(16(22)23-9)8-18-15(21)14(25-17(18)24)7-10-3-2-4-11(19)6-10/h2-8,19H,1H3/b12-8+,14-7+. The number of ketones is 1. The Morgan fingerprint density at radius 1 is 1.28 bits per heavy atom. The van der Waals surface area contributed by atoms with Crippen LogP contribution in [0.2, 0.25) is 0 Å². The molecular formula is C17H11NO5S2. The summed E-state index contributed by atoms with van der Waals surface area (Å²) in [6.07, 6.45) is 3.85. The van der Waals surface area contributed by atoms with Gasteiger partial charge in [0.25, 0.3) is 5.91 Å². The number of carbonyl (C=O) groups is 3. The first-order valence-corrected chi connectivity index (χ1v) is 8.30. The minimum absolute atomic E-state index is 0.0732. The number of rotatable bonds is 2. The van der Waals surface area contributed by atoms with E-state index in [0.29, 0.717) is 10.5 Å². The van der Waals surface area contributed by atoms with Crippen molar-refractivity contribution in [2.75, 3.05) is 0 Å². The van der Waals surface area contributed by atoms with Gasteiger partial charge in [-0.2, -0.15) is 0 Å². The predicted octanol–water partition coefficient (Wildman–Crippen LogP) is 2.51. The quantitative estimate of drug-likeness (QED) is 0.369. The lowest BCUT2D eigenvalue weighted by Gasteiger charge is -2.14. The first kappa shape index (κ1) is 17.1. The largest absolute Gasteiger partial charge is 0.508 e. The van der Waals surface area contributed by atoms with Gasteiger partial charge in [0, 0.05) is 12.3 Å². The molecule has 1 saturated heterocycles. The zero-order valence-electron chi connectivity index (χ0n) is 12.9. The molecule has 1 aromatic rings. The molecule has 1 fully saturated rings. The number of nitrogens with zero attached hydrogens (tertiary/aromatic N) is 1. The van der Waals surface area contributed by atoms with Crippen molar-refractivity contribution in [2.45, 2.75) is 6.92 Å². The average molecular weight is 373 g/mol. The molecule has 1 amide bonds. The van der Waals surface area contributed by atoms with Gasteiger partial charge < -0.3 is 9.84 Å². The number of aromatic hydroxyl groups is 1. The summed E-state index contributed by atoms with van der Waals surface area (Å²) in [5, 5.41) is 9.49. The van der Waals surface area contributed by atoms with E-state index in [1.807, 2.05) is 0 Å². The molecule has 25 heavy (non-hydrogen) atoms. The molecule has 0 bridgehead atoms. The highest BCUT2D eigenvalue weighted by atomic mass is 32.2. The third-order valence-electron chi connectivity index (χ3n) is 3.32. The van der Waals surface area contributed by atoms with Crippen LogP contribution in [-0.4, -0.2) is 32.0 Å². The van der Waals surface area contributed by atoms with Crippen LogP contribution >= 0.6 is 24.0 Å². The van der Waals surface area contributed by atoms with Crippen LogP contribution in [0.4, 0.5) is 0 Å². The summed E-state index contributed by atoms with van der Waals surface area (Å²) in [6, 6.07) is 6.39. The second-order valence-electron chi connectivity index (χ2n) is 5.20. The average Bonchev–Trinajstić information content (AvgIpc) is 2.77. The van der Waals surface area contributed by atoms with Gasteiger partial charge >= 0.3 is 5.97 Å². The summed E-state index contributed by atoms with van der Waals surface area (Å²) in [5.41, 5.74) is 0.361. The molecule has 6 nitrogen and oxygen atoms in total. The number of amides is 1. The van der Waals surface area contributed by atoms with E-state index in [-0.39, 0.29) is 21.4 Å². The number of thiocarbonyl (C=S) groups is 1. The van der Waals surface area contributed by atoms with E-state index in [4.69, 9.17) is 17.0 Å². The zero-order valence-corrected chi connectivity index (χ0v) is 14.5. The number of phenols is 1. The lowest BCUT2D eigenvalue weighted by Crippen LogP contribution is -2.27. The Morgan fingerprint density at radius 2 is 2.04 bits per heavy atom. The Bertz CT molecular complexity index is 913. The molecule has 8 heteroatoms. The third kappa shape index (κ3) is 3.54. The van der Waals surface area contributed by atoms with Crippen molar-refractivity contribution in [3.63, 3.8) is 0 Å². The summed E-state index contributed by atoms with van der Waals surface area (Å²) in [4.78, 5) is 37.7. The van der Waals surface area contributed by atoms with Gasteiger partial charge in [-0.3, -0.25) is 14.5 Å². The minimum atomic E-state index is -0.823. The molecule has 2 aliphatic rings. The molecule has 0 spiro atoms. The first-order valence-electron chi connectivity index (χ1n) is 7.08.